The van der Waals surface area contributed by atoms with E-state index in [1.54, 1.807) is 14.0 Å². The summed E-state index contributed by atoms with van der Waals surface area (Å²) in [6, 6.07) is 25.7. The average Bonchev–Trinajstić information content (AvgIpc) is 2.74. The minimum Gasteiger partial charge on any atom is -0.497 e. The molecule has 0 saturated heterocycles. The highest BCUT2D eigenvalue weighted by Gasteiger charge is 2.34. The third-order valence-electron chi connectivity index (χ3n) is 5.12. The Kier molecular flexibility index (Phi) is 4.98. The monoisotopic (exact) mass is 370 g/mol. The van der Waals surface area contributed by atoms with E-state index in [2.05, 4.69) is 6.07 Å². The van der Waals surface area contributed by atoms with Gasteiger partial charge in [0.05, 0.1) is 13.0 Å². The van der Waals surface area contributed by atoms with Crippen LogP contribution in [0, 0.1) is 0 Å². The minimum absolute atomic E-state index is 0.0852. The molecule has 3 nitrogen and oxygen atoms in total. The Labute approximate surface area is 165 Å². The summed E-state index contributed by atoms with van der Waals surface area (Å²) < 4.78 is 11.7. The van der Waals surface area contributed by atoms with Crippen LogP contribution in [0.4, 0.5) is 0 Å². The summed E-state index contributed by atoms with van der Waals surface area (Å²) in [6.45, 7) is 1.63. The highest BCUT2D eigenvalue weighted by Crippen LogP contribution is 2.43. The molecule has 0 aromatic heterocycles. The van der Waals surface area contributed by atoms with Gasteiger partial charge in [0.15, 0.2) is 0 Å². The van der Waals surface area contributed by atoms with Crippen LogP contribution in [0.1, 0.15) is 41.2 Å². The molecule has 4 rings (SSSR count). The Balaban J connectivity index is 1.79. The number of ether oxygens (including phenoxy) is 2. The van der Waals surface area contributed by atoms with Crippen molar-refractivity contribution in [3.63, 3.8) is 0 Å². The molecule has 28 heavy (non-hydrogen) atoms. The van der Waals surface area contributed by atoms with Gasteiger partial charge >= 0.3 is 0 Å². The van der Waals surface area contributed by atoms with Crippen LogP contribution in [-0.2, 0) is 9.53 Å². The van der Waals surface area contributed by atoms with E-state index in [9.17, 15) is 4.79 Å². The molecule has 0 N–H and O–H groups in total. The van der Waals surface area contributed by atoms with E-state index < -0.39 is 0 Å². The van der Waals surface area contributed by atoms with Gasteiger partial charge in [-0.2, -0.15) is 0 Å². The van der Waals surface area contributed by atoms with Crippen LogP contribution < -0.4 is 4.74 Å². The molecule has 140 valence electrons. The molecule has 1 aliphatic rings. The normalized spacial score (nSPS) is 16.4. The summed E-state index contributed by atoms with van der Waals surface area (Å²) in [5, 5.41) is 0. The molecule has 0 amide bonds. The van der Waals surface area contributed by atoms with Gasteiger partial charge in [-0.15, -0.1) is 0 Å². The summed E-state index contributed by atoms with van der Waals surface area (Å²) in [7, 11) is 1.65. The molecule has 0 saturated carbocycles. The summed E-state index contributed by atoms with van der Waals surface area (Å²) in [5.74, 6) is 1.27. The zero-order chi connectivity index (χ0) is 19.5. The fraction of sp³-hybridized carbons (Fsp3) is 0.160. The molecular formula is C25H22O3. The predicted octanol–water partition coefficient (Wildman–Crippen LogP) is 5.64. The third kappa shape index (κ3) is 3.44. The van der Waals surface area contributed by atoms with E-state index in [-0.39, 0.29) is 17.8 Å². The van der Waals surface area contributed by atoms with Crippen LogP contribution in [0.2, 0.25) is 0 Å². The molecule has 0 radical (unpaired) electrons. The van der Waals surface area contributed by atoms with Crippen molar-refractivity contribution >= 4 is 17.6 Å². The lowest BCUT2D eigenvalue weighted by Crippen LogP contribution is -2.23. The maximum absolute atomic E-state index is 12.7. The Bertz CT molecular complexity index is 1000. The second-order valence-corrected chi connectivity index (χ2v) is 6.90. The van der Waals surface area contributed by atoms with Crippen molar-refractivity contribution in [3.8, 4) is 5.75 Å². The number of fused-ring (bicyclic) bond motifs is 1. The number of carbonyl (C=O) groups is 1. The van der Waals surface area contributed by atoms with Gasteiger partial charge in [0.2, 0.25) is 0 Å². The van der Waals surface area contributed by atoms with Crippen molar-refractivity contribution in [2.24, 2.45) is 0 Å². The first-order valence-corrected chi connectivity index (χ1v) is 9.34. The first kappa shape index (κ1) is 18.1. The Morgan fingerprint density at radius 1 is 0.929 bits per heavy atom. The summed E-state index contributed by atoms with van der Waals surface area (Å²) >= 11 is 0. The number of hydrogen-bond acceptors (Lipinski definition) is 3. The number of methoxy groups -OCH3 is 1. The number of hydrogen-bond donors (Lipinski definition) is 0. The van der Waals surface area contributed by atoms with Crippen molar-refractivity contribution in [1.29, 1.82) is 0 Å². The number of Topliss-reactive ketones (excluding diaryl/α,β-unsaturated/α-hetero) is 1. The Morgan fingerprint density at radius 2 is 1.61 bits per heavy atom. The van der Waals surface area contributed by atoms with Crippen molar-refractivity contribution < 1.29 is 14.3 Å². The molecular weight excluding hydrogens is 348 g/mol. The molecule has 3 heteroatoms. The highest BCUT2D eigenvalue weighted by atomic mass is 16.5. The number of carbonyl (C=O) groups excluding carboxylic acids is 1. The number of rotatable bonds is 5. The first-order valence-electron chi connectivity index (χ1n) is 9.34. The van der Waals surface area contributed by atoms with E-state index >= 15 is 0 Å². The fourth-order valence-electron chi connectivity index (χ4n) is 3.71. The fourth-order valence-corrected chi connectivity index (χ4v) is 3.71. The molecule has 0 fully saturated rings. The van der Waals surface area contributed by atoms with E-state index in [1.165, 1.54) is 0 Å². The average molecular weight is 370 g/mol. The van der Waals surface area contributed by atoms with Gasteiger partial charge in [0.25, 0.3) is 0 Å². The first-order chi connectivity index (χ1) is 13.7. The lowest BCUT2D eigenvalue weighted by Gasteiger charge is -2.32. The molecule has 0 aliphatic carbocycles. The van der Waals surface area contributed by atoms with Crippen LogP contribution in [0.3, 0.4) is 0 Å². The van der Waals surface area contributed by atoms with Crippen LogP contribution in [0.15, 0.2) is 78.9 Å². The van der Waals surface area contributed by atoms with Gasteiger partial charge in [-0.1, -0.05) is 54.6 Å². The predicted molar refractivity (Wildman–Crippen MR) is 111 cm³/mol. The van der Waals surface area contributed by atoms with Crippen LogP contribution >= 0.6 is 0 Å². The van der Waals surface area contributed by atoms with E-state index in [0.29, 0.717) is 0 Å². The van der Waals surface area contributed by atoms with Gasteiger partial charge in [-0.3, -0.25) is 4.79 Å². The van der Waals surface area contributed by atoms with E-state index in [0.717, 1.165) is 33.8 Å². The molecule has 1 aliphatic heterocycles. The Hall–Kier alpha value is -3.33. The molecule has 3 aromatic rings. The van der Waals surface area contributed by atoms with E-state index in [4.69, 9.17) is 9.47 Å². The molecule has 3 aromatic carbocycles. The molecule has 2 atom stereocenters. The maximum atomic E-state index is 12.7. The standard InChI is InChI=1S/C25H22O3/c1-17(26)24(19-8-4-3-5-9-19)25-22-11-7-6-10-20(22)16-23(28-25)18-12-14-21(27-2)15-13-18/h3-16,24-25H,1-2H3. The lowest BCUT2D eigenvalue weighted by atomic mass is 9.83. The number of ketones is 1. The van der Waals surface area contributed by atoms with E-state index in [1.807, 2.05) is 78.9 Å². The molecule has 0 bridgehead atoms. The van der Waals surface area contributed by atoms with Gasteiger partial charge in [0, 0.05) is 11.1 Å². The van der Waals surface area contributed by atoms with Gasteiger partial charge in [0.1, 0.15) is 23.4 Å². The van der Waals surface area contributed by atoms with Crippen LogP contribution in [-0.4, -0.2) is 12.9 Å². The maximum Gasteiger partial charge on any atom is 0.141 e. The zero-order valence-electron chi connectivity index (χ0n) is 16.0. The molecule has 0 spiro atoms. The summed E-state index contributed by atoms with van der Waals surface area (Å²) in [5.41, 5.74) is 4.03. The van der Waals surface area contributed by atoms with Crippen LogP contribution in [0.5, 0.6) is 5.75 Å². The van der Waals surface area contributed by atoms with Gasteiger partial charge < -0.3 is 9.47 Å². The largest absolute Gasteiger partial charge is 0.497 e. The van der Waals surface area contributed by atoms with Crippen molar-refractivity contribution in [1.82, 2.24) is 0 Å². The summed E-state index contributed by atoms with van der Waals surface area (Å²) in [4.78, 5) is 12.7. The second-order valence-electron chi connectivity index (χ2n) is 6.90. The summed E-state index contributed by atoms with van der Waals surface area (Å²) in [6.07, 6.45) is 1.66. The minimum atomic E-state index is -0.377. The quantitative estimate of drug-likeness (QED) is 0.583. The topological polar surface area (TPSA) is 35.5 Å². The second kappa shape index (κ2) is 7.73. The number of benzene rings is 3. The highest BCUT2D eigenvalue weighted by molar-refractivity contribution is 5.87. The van der Waals surface area contributed by atoms with Gasteiger partial charge in [-0.05, 0) is 48.4 Å². The van der Waals surface area contributed by atoms with Crippen molar-refractivity contribution in [2.75, 3.05) is 7.11 Å². The molecule has 2 unspecified atom stereocenters. The molecule has 1 heterocycles. The zero-order valence-corrected chi connectivity index (χ0v) is 16.0. The smallest absolute Gasteiger partial charge is 0.141 e. The SMILES string of the molecule is COc1ccc(C2=Cc3ccccc3C(C(C(C)=O)c3ccccc3)O2)cc1. The third-order valence-corrected chi connectivity index (χ3v) is 5.12. The van der Waals surface area contributed by atoms with Gasteiger partial charge in [-0.25, -0.2) is 0 Å². The van der Waals surface area contributed by atoms with Crippen molar-refractivity contribution in [3.05, 3.63) is 101 Å². The lowest BCUT2D eigenvalue weighted by molar-refractivity contribution is -0.120. The van der Waals surface area contributed by atoms with Crippen molar-refractivity contribution in [2.45, 2.75) is 18.9 Å². The van der Waals surface area contributed by atoms with Crippen LogP contribution in [0.25, 0.3) is 11.8 Å². The Morgan fingerprint density at radius 3 is 2.29 bits per heavy atom.